The predicted molar refractivity (Wildman–Crippen MR) is 63.4 cm³/mol. The lowest BCUT2D eigenvalue weighted by atomic mass is 10.1. The largest absolute Gasteiger partial charge is 0.497 e. The van der Waals surface area contributed by atoms with Gasteiger partial charge in [-0.05, 0) is 30.9 Å². The van der Waals surface area contributed by atoms with Crippen LogP contribution in [0.3, 0.4) is 0 Å². The third-order valence-electron chi connectivity index (χ3n) is 3.28. The first kappa shape index (κ1) is 10.3. The molecule has 0 amide bonds. The lowest BCUT2D eigenvalue weighted by molar-refractivity contribution is 0.415. The molecule has 2 heteroatoms. The maximum atomic E-state index is 5.21. The van der Waals surface area contributed by atoms with E-state index in [0.29, 0.717) is 6.04 Å². The third kappa shape index (κ3) is 2.44. The van der Waals surface area contributed by atoms with Crippen molar-refractivity contribution in [1.82, 2.24) is 0 Å². The van der Waals surface area contributed by atoms with E-state index in [0.717, 1.165) is 11.7 Å². The molecule has 0 heterocycles. The summed E-state index contributed by atoms with van der Waals surface area (Å²) in [5.74, 6) is 1.71. The molecule has 2 nitrogen and oxygen atoms in total. The maximum absolute atomic E-state index is 5.21. The molecule has 1 N–H and O–H groups in total. The summed E-state index contributed by atoms with van der Waals surface area (Å²) in [6, 6.07) is 8.81. The lowest BCUT2D eigenvalue weighted by Crippen LogP contribution is -2.21. The summed E-state index contributed by atoms with van der Waals surface area (Å²) in [5, 5.41) is 3.59. The van der Waals surface area contributed by atoms with E-state index < -0.39 is 0 Å². The molecule has 0 saturated heterocycles. The highest BCUT2D eigenvalue weighted by Gasteiger charge is 2.22. The van der Waals surface area contributed by atoms with Crippen molar-refractivity contribution in [3.8, 4) is 5.75 Å². The second-order valence-corrected chi connectivity index (χ2v) is 4.39. The minimum Gasteiger partial charge on any atom is -0.497 e. The predicted octanol–water partition coefficient (Wildman–Crippen LogP) is 3.30. The van der Waals surface area contributed by atoms with Gasteiger partial charge in [-0.15, -0.1) is 0 Å². The van der Waals surface area contributed by atoms with Gasteiger partial charge in [-0.3, -0.25) is 0 Å². The van der Waals surface area contributed by atoms with Gasteiger partial charge in [0, 0.05) is 17.8 Å². The average molecular weight is 205 g/mol. The Bertz CT molecular complexity index is 324. The monoisotopic (exact) mass is 205 g/mol. The Kier molecular flexibility index (Phi) is 3.14. The summed E-state index contributed by atoms with van der Waals surface area (Å²) < 4.78 is 5.21. The fourth-order valence-corrected chi connectivity index (χ4v) is 2.29. The Labute approximate surface area is 91.6 Å². The minimum atomic E-state index is 0.636. The van der Waals surface area contributed by atoms with Crippen molar-refractivity contribution >= 4 is 5.69 Å². The Hall–Kier alpha value is -1.18. The summed E-state index contributed by atoms with van der Waals surface area (Å²) in [5.41, 5.74) is 1.17. The number of nitrogens with one attached hydrogen (secondary N) is 1. The van der Waals surface area contributed by atoms with Gasteiger partial charge >= 0.3 is 0 Å². The topological polar surface area (TPSA) is 21.3 Å². The van der Waals surface area contributed by atoms with E-state index in [4.69, 9.17) is 4.74 Å². The van der Waals surface area contributed by atoms with Gasteiger partial charge < -0.3 is 10.1 Å². The quantitative estimate of drug-likeness (QED) is 0.817. The van der Waals surface area contributed by atoms with Gasteiger partial charge in [0.2, 0.25) is 0 Å². The summed E-state index contributed by atoms with van der Waals surface area (Å²) in [7, 11) is 1.71. The fraction of sp³-hybridized carbons (Fsp3) is 0.538. The molecule has 0 unspecified atom stereocenters. The van der Waals surface area contributed by atoms with Crippen molar-refractivity contribution in [3.63, 3.8) is 0 Å². The molecule has 82 valence electrons. The van der Waals surface area contributed by atoms with Crippen LogP contribution in [0.1, 0.15) is 26.2 Å². The number of ether oxygens (including phenoxy) is 1. The molecule has 0 aromatic heterocycles. The molecule has 0 spiro atoms. The highest BCUT2D eigenvalue weighted by molar-refractivity contribution is 5.49. The molecule has 1 saturated carbocycles. The van der Waals surface area contributed by atoms with Crippen LogP contribution in [0.5, 0.6) is 5.75 Å². The van der Waals surface area contributed by atoms with E-state index >= 15 is 0 Å². The van der Waals surface area contributed by atoms with E-state index in [1.165, 1.54) is 24.9 Å². The Balaban J connectivity index is 2.03. The zero-order valence-corrected chi connectivity index (χ0v) is 9.49. The van der Waals surface area contributed by atoms with Crippen LogP contribution in [0.15, 0.2) is 24.3 Å². The SMILES string of the molecule is COc1cccc(N[C@H]2CCC[C@H]2C)c1. The molecule has 0 aliphatic heterocycles. The smallest absolute Gasteiger partial charge is 0.120 e. The van der Waals surface area contributed by atoms with E-state index in [1.807, 2.05) is 12.1 Å². The van der Waals surface area contributed by atoms with Crippen LogP contribution in [0.25, 0.3) is 0 Å². The normalized spacial score (nSPS) is 25.2. The summed E-state index contributed by atoms with van der Waals surface area (Å²) in [4.78, 5) is 0. The second-order valence-electron chi connectivity index (χ2n) is 4.39. The number of hydrogen-bond donors (Lipinski definition) is 1. The highest BCUT2D eigenvalue weighted by Crippen LogP contribution is 2.28. The molecular formula is C13H19NO. The Morgan fingerprint density at radius 1 is 1.33 bits per heavy atom. The van der Waals surface area contributed by atoms with Gasteiger partial charge in [0.1, 0.15) is 5.75 Å². The highest BCUT2D eigenvalue weighted by atomic mass is 16.5. The summed E-state index contributed by atoms with van der Waals surface area (Å²) in [6.07, 6.45) is 3.99. The zero-order chi connectivity index (χ0) is 10.7. The summed E-state index contributed by atoms with van der Waals surface area (Å²) >= 11 is 0. The van der Waals surface area contributed by atoms with Crippen molar-refractivity contribution in [2.45, 2.75) is 32.2 Å². The molecule has 2 rings (SSSR count). The number of methoxy groups -OCH3 is 1. The molecule has 0 radical (unpaired) electrons. The Morgan fingerprint density at radius 2 is 2.20 bits per heavy atom. The first-order valence-corrected chi connectivity index (χ1v) is 5.70. The van der Waals surface area contributed by atoms with Crippen LogP contribution in [0.2, 0.25) is 0 Å². The minimum absolute atomic E-state index is 0.636. The van der Waals surface area contributed by atoms with Crippen LogP contribution in [-0.4, -0.2) is 13.2 Å². The standard InChI is InChI=1S/C13H19NO/c1-10-5-3-8-13(10)14-11-6-4-7-12(9-11)15-2/h4,6-7,9-10,13-14H,3,5,8H2,1-2H3/t10-,13+/m1/s1. The van der Waals surface area contributed by atoms with Gasteiger partial charge in [-0.1, -0.05) is 19.4 Å². The number of rotatable bonds is 3. The molecule has 1 aliphatic rings. The van der Waals surface area contributed by atoms with Crippen molar-refractivity contribution in [3.05, 3.63) is 24.3 Å². The van der Waals surface area contributed by atoms with Crippen molar-refractivity contribution in [1.29, 1.82) is 0 Å². The molecule has 0 bridgehead atoms. The molecule has 1 aromatic carbocycles. The number of hydrogen-bond acceptors (Lipinski definition) is 2. The van der Waals surface area contributed by atoms with E-state index in [2.05, 4.69) is 24.4 Å². The van der Waals surface area contributed by atoms with Crippen LogP contribution < -0.4 is 10.1 Å². The van der Waals surface area contributed by atoms with E-state index in [-0.39, 0.29) is 0 Å². The molecular weight excluding hydrogens is 186 g/mol. The molecule has 15 heavy (non-hydrogen) atoms. The number of benzene rings is 1. The molecule has 1 fully saturated rings. The van der Waals surface area contributed by atoms with Crippen LogP contribution >= 0.6 is 0 Å². The van der Waals surface area contributed by atoms with Gasteiger partial charge in [0.05, 0.1) is 7.11 Å². The average Bonchev–Trinajstić information content (AvgIpc) is 2.65. The molecule has 1 aromatic rings. The molecule has 2 atom stereocenters. The van der Waals surface area contributed by atoms with Gasteiger partial charge in [0.25, 0.3) is 0 Å². The van der Waals surface area contributed by atoms with E-state index in [9.17, 15) is 0 Å². The zero-order valence-electron chi connectivity index (χ0n) is 9.49. The third-order valence-corrected chi connectivity index (χ3v) is 3.28. The lowest BCUT2D eigenvalue weighted by Gasteiger charge is -2.18. The molecule has 1 aliphatic carbocycles. The van der Waals surface area contributed by atoms with Crippen molar-refractivity contribution in [2.24, 2.45) is 5.92 Å². The van der Waals surface area contributed by atoms with Gasteiger partial charge in [0.15, 0.2) is 0 Å². The van der Waals surface area contributed by atoms with Crippen LogP contribution in [-0.2, 0) is 0 Å². The fourth-order valence-electron chi connectivity index (χ4n) is 2.29. The van der Waals surface area contributed by atoms with Crippen molar-refractivity contribution in [2.75, 3.05) is 12.4 Å². The van der Waals surface area contributed by atoms with Crippen LogP contribution in [0.4, 0.5) is 5.69 Å². The Morgan fingerprint density at radius 3 is 2.87 bits per heavy atom. The van der Waals surface area contributed by atoms with Crippen molar-refractivity contribution < 1.29 is 4.74 Å². The first-order chi connectivity index (χ1) is 7.29. The van der Waals surface area contributed by atoms with Gasteiger partial charge in [-0.25, -0.2) is 0 Å². The van der Waals surface area contributed by atoms with Gasteiger partial charge in [-0.2, -0.15) is 0 Å². The second kappa shape index (κ2) is 4.56. The van der Waals surface area contributed by atoms with Crippen LogP contribution in [0, 0.1) is 5.92 Å². The maximum Gasteiger partial charge on any atom is 0.120 e. The summed E-state index contributed by atoms with van der Waals surface area (Å²) in [6.45, 7) is 2.32. The first-order valence-electron chi connectivity index (χ1n) is 5.70. The number of anilines is 1. The van der Waals surface area contributed by atoms with E-state index in [1.54, 1.807) is 7.11 Å².